The number of nitrogens with two attached hydrogens (primary N) is 1. The van der Waals surface area contributed by atoms with Crippen LogP contribution in [0.5, 0.6) is 6.01 Å². The topological polar surface area (TPSA) is 112 Å². The molecular formula is C30H41ClN4O4. The number of hydrogen-bond acceptors (Lipinski definition) is 6. The van der Waals surface area contributed by atoms with Crippen molar-refractivity contribution in [1.82, 2.24) is 14.4 Å². The molecule has 0 aliphatic heterocycles. The molecule has 1 saturated carbocycles. The van der Waals surface area contributed by atoms with E-state index in [1.54, 1.807) is 24.3 Å². The first-order chi connectivity index (χ1) is 18.2. The van der Waals surface area contributed by atoms with Crippen LogP contribution in [0.2, 0.25) is 5.02 Å². The first-order valence-corrected chi connectivity index (χ1v) is 13.9. The van der Waals surface area contributed by atoms with Crippen molar-refractivity contribution in [2.24, 2.45) is 34.3 Å². The van der Waals surface area contributed by atoms with Crippen molar-refractivity contribution in [1.29, 1.82) is 0 Å². The van der Waals surface area contributed by atoms with E-state index in [0.717, 1.165) is 12.8 Å². The zero-order chi connectivity index (χ0) is 28.9. The summed E-state index contributed by atoms with van der Waals surface area (Å²) in [4.78, 5) is 34.6. The van der Waals surface area contributed by atoms with Crippen molar-refractivity contribution in [3.63, 3.8) is 0 Å². The predicted octanol–water partition coefficient (Wildman–Crippen LogP) is 6.09. The van der Waals surface area contributed by atoms with Crippen molar-refractivity contribution in [2.75, 3.05) is 7.11 Å². The molecule has 2 unspecified atom stereocenters. The maximum Gasteiger partial charge on any atom is 0.342 e. The van der Waals surface area contributed by atoms with Gasteiger partial charge in [0.25, 0.3) is 6.01 Å². The van der Waals surface area contributed by atoms with E-state index in [0.29, 0.717) is 27.8 Å². The van der Waals surface area contributed by atoms with Gasteiger partial charge in [0.2, 0.25) is 0 Å². The third-order valence-corrected chi connectivity index (χ3v) is 8.42. The van der Waals surface area contributed by atoms with Gasteiger partial charge in [-0.2, -0.15) is 4.98 Å². The van der Waals surface area contributed by atoms with Gasteiger partial charge in [0.1, 0.15) is 11.7 Å². The quantitative estimate of drug-likeness (QED) is 0.368. The average Bonchev–Trinajstić information content (AvgIpc) is 3.18. The van der Waals surface area contributed by atoms with Crippen LogP contribution >= 0.6 is 11.6 Å². The molecule has 2 heterocycles. The first kappa shape index (κ1) is 29.2. The van der Waals surface area contributed by atoms with E-state index in [9.17, 15) is 9.59 Å². The summed E-state index contributed by atoms with van der Waals surface area (Å²) in [7, 11) is 1.41. The van der Waals surface area contributed by atoms with E-state index >= 15 is 0 Å². The number of carbonyl (C=O) groups excluding carboxylic acids is 1. The van der Waals surface area contributed by atoms with Crippen molar-refractivity contribution in [3.05, 3.63) is 51.0 Å². The van der Waals surface area contributed by atoms with E-state index in [4.69, 9.17) is 26.8 Å². The molecule has 0 spiro atoms. The lowest BCUT2D eigenvalue weighted by Gasteiger charge is -2.50. The molecule has 0 amide bonds. The van der Waals surface area contributed by atoms with E-state index in [2.05, 4.69) is 58.4 Å². The molecule has 0 radical (unpaired) electrons. The lowest BCUT2D eigenvalue weighted by atomic mass is 9.59. The van der Waals surface area contributed by atoms with E-state index in [-0.39, 0.29) is 52.5 Å². The minimum Gasteiger partial charge on any atom is -0.468 e. The van der Waals surface area contributed by atoms with Crippen LogP contribution in [0.4, 0.5) is 0 Å². The van der Waals surface area contributed by atoms with Gasteiger partial charge in [-0.3, -0.25) is 4.98 Å². The molecule has 2 atom stereocenters. The Hall–Kier alpha value is -2.84. The average molecular weight is 557 g/mol. The molecule has 4 rings (SSSR count). The summed E-state index contributed by atoms with van der Waals surface area (Å²) < 4.78 is 13.1. The number of hydrogen-bond donors (Lipinski definition) is 2. The van der Waals surface area contributed by atoms with Crippen LogP contribution in [0.15, 0.2) is 29.1 Å². The van der Waals surface area contributed by atoms with Crippen LogP contribution in [0.25, 0.3) is 16.8 Å². The number of aromatic amines is 1. The van der Waals surface area contributed by atoms with Crippen LogP contribution in [0.3, 0.4) is 0 Å². The zero-order valence-corrected chi connectivity index (χ0v) is 25.0. The number of methoxy groups -OCH3 is 1. The Morgan fingerprint density at radius 1 is 1.10 bits per heavy atom. The summed E-state index contributed by atoms with van der Waals surface area (Å²) in [6, 6.07) is 7.08. The molecule has 0 saturated heterocycles. The highest BCUT2D eigenvalue weighted by Gasteiger charge is 2.48. The second-order valence-corrected chi connectivity index (χ2v) is 13.4. The van der Waals surface area contributed by atoms with Gasteiger partial charge in [-0.05, 0) is 47.3 Å². The zero-order valence-electron chi connectivity index (χ0n) is 24.2. The van der Waals surface area contributed by atoms with Gasteiger partial charge in [-0.15, -0.1) is 0 Å². The summed E-state index contributed by atoms with van der Waals surface area (Å²) in [6.07, 6.45) is 1.62. The molecule has 1 aliphatic rings. The second-order valence-electron chi connectivity index (χ2n) is 13.0. The number of ether oxygens (including phenoxy) is 2. The lowest BCUT2D eigenvalue weighted by molar-refractivity contribution is -0.0922. The van der Waals surface area contributed by atoms with Crippen molar-refractivity contribution >= 4 is 23.2 Å². The molecule has 39 heavy (non-hydrogen) atoms. The number of carbonyl (C=O) groups is 1. The molecule has 3 aromatic rings. The van der Waals surface area contributed by atoms with Crippen molar-refractivity contribution in [2.45, 2.75) is 74.0 Å². The highest BCUT2D eigenvalue weighted by molar-refractivity contribution is 6.30. The Bertz CT molecular complexity index is 1390. The van der Waals surface area contributed by atoms with Gasteiger partial charge in [0.15, 0.2) is 5.65 Å². The first-order valence-electron chi connectivity index (χ1n) is 13.6. The summed E-state index contributed by atoms with van der Waals surface area (Å²) in [6.45, 7) is 15.5. The molecule has 2 aromatic heterocycles. The van der Waals surface area contributed by atoms with Gasteiger partial charge in [-0.1, -0.05) is 72.2 Å². The number of aromatic nitrogens is 3. The third kappa shape index (κ3) is 5.59. The molecule has 8 nitrogen and oxygen atoms in total. The molecular weight excluding hydrogens is 516 g/mol. The number of halogens is 1. The van der Waals surface area contributed by atoms with Crippen LogP contribution < -0.4 is 16.2 Å². The maximum absolute atomic E-state index is 14.4. The Kier molecular flexibility index (Phi) is 7.94. The summed E-state index contributed by atoms with van der Waals surface area (Å²) >= 11 is 6.17. The van der Waals surface area contributed by atoms with Crippen molar-refractivity contribution in [3.8, 4) is 17.1 Å². The highest BCUT2D eigenvalue weighted by atomic mass is 35.5. The Morgan fingerprint density at radius 3 is 2.15 bits per heavy atom. The Morgan fingerprint density at radius 2 is 1.67 bits per heavy atom. The largest absolute Gasteiger partial charge is 0.468 e. The van der Waals surface area contributed by atoms with Gasteiger partial charge in [0.05, 0.1) is 12.8 Å². The number of fused-ring (bicyclic) bond motifs is 1. The number of H-pyrrole nitrogens is 1. The van der Waals surface area contributed by atoms with Crippen LogP contribution in [0.1, 0.15) is 77.4 Å². The number of nitrogens with one attached hydrogen (secondary N) is 1. The molecule has 1 aromatic carbocycles. The molecule has 1 aliphatic carbocycles. The van der Waals surface area contributed by atoms with E-state index < -0.39 is 11.7 Å². The number of nitrogens with zero attached hydrogens (tertiary/aromatic N) is 2. The number of rotatable bonds is 5. The fraction of sp³-hybridized carbons (Fsp3) is 0.567. The smallest absolute Gasteiger partial charge is 0.342 e. The van der Waals surface area contributed by atoms with Crippen LogP contribution in [0, 0.1) is 28.6 Å². The Balaban J connectivity index is 1.95. The predicted molar refractivity (Wildman–Crippen MR) is 154 cm³/mol. The van der Waals surface area contributed by atoms with Crippen LogP contribution in [-0.2, 0) is 11.3 Å². The fourth-order valence-corrected chi connectivity index (χ4v) is 6.29. The van der Waals surface area contributed by atoms with Gasteiger partial charge >= 0.3 is 11.7 Å². The highest BCUT2D eigenvalue weighted by Crippen LogP contribution is 2.50. The number of benzene rings is 1. The Labute approximate surface area is 235 Å². The molecule has 212 valence electrons. The standard InChI is InChI=1S/C30H41ClN4O4/c1-16-13-19(29(2,3)4)24(20(14-16)30(5,6)7)39-26(36)23-22(17-9-11-18(31)12-10-17)21(15-32)35-25(23)33-27(38-8)34-28(35)37/h9-12,16,19-20,24H,13-15,32H2,1-8H3,(H,33,34,37). The van der Waals surface area contributed by atoms with Gasteiger partial charge in [-0.25, -0.2) is 14.0 Å². The second kappa shape index (κ2) is 10.6. The van der Waals surface area contributed by atoms with Crippen molar-refractivity contribution < 1.29 is 14.3 Å². The van der Waals surface area contributed by atoms with Gasteiger partial charge < -0.3 is 15.2 Å². The summed E-state index contributed by atoms with van der Waals surface area (Å²) in [5, 5.41) is 0.552. The minimum atomic E-state index is -0.527. The van der Waals surface area contributed by atoms with Crippen LogP contribution in [-0.4, -0.2) is 33.6 Å². The lowest BCUT2D eigenvalue weighted by Crippen LogP contribution is -2.49. The molecule has 0 bridgehead atoms. The van der Waals surface area contributed by atoms with E-state index in [1.807, 2.05) is 0 Å². The van der Waals surface area contributed by atoms with E-state index in [1.165, 1.54) is 11.5 Å². The number of esters is 1. The summed E-state index contributed by atoms with van der Waals surface area (Å²) in [5.74, 6) is 0.298. The molecule has 3 N–H and O–H groups in total. The maximum atomic E-state index is 14.4. The summed E-state index contributed by atoms with van der Waals surface area (Å²) in [5.41, 5.74) is 7.52. The molecule has 1 fully saturated rings. The SMILES string of the molecule is COc1nc2c(C(=O)OC3C(C(C)(C)C)CC(C)CC3C(C)(C)C)c(-c3ccc(Cl)cc3)c(CN)n2c(=O)[nH]1. The third-order valence-electron chi connectivity index (χ3n) is 8.17. The van der Waals surface area contributed by atoms with Gasteiger partial charge in [0, 0.05) is 29.0 Å². The minimum absolute atomic E-state index is 0.000327. The monoisotopic (exact) mass is 556 g/mol. The molecule has 9 heteroatoms. The normalized spacial score (nSPS) is 22.2. The fourth-order valence-electron chi connectivity index (χ4n) is 6.17.